The van der Waals surface area contributed by atoms with Crippen LogP contribution in [0.1, 0.15) is 40.0 Å². The molecule has 0 aromatic heterocycles. The number of carbonyl (C=O) groups is 2. The Morgan fingerprint density at radius 2 is 1.86 bits per heavy atom. The lowest BCUT2D eigenvalue weighted by molar-refractivity contribution is -0.325. The van der Waals surface area contributed by atoms with Crippen molar-refractivity contribution in [3.63, 3.8) is 0 Å². The highest BCUT2D eigenvalue weighted by atomic mass is 17.2. The van der Waals surface area contributed by atoms with Crippen molar-refractivity contribution in [2.45, 2.75) is 45.6 Å². The van der Waals surface area contributed by atoms with Gasteiger partial charge in [0.1, 0.15) is 5.60 Å². The van der Waals surface area contributed by atoms with E-state index in [0.717, 1.165) is 0 Å². The minimum Gasteiger partial charge on any atom is -0.481 e. The van der Waals surface area contributed by atoms with Crippen LogP contribution in [0.5, 0.6) is 0 Å². The van der Waals surface area contributed by atoms with E-state index in [2.05, 4.69) is 4.89 Å². The summed E-state index contributed by atoms with van der Waals surface area (Å²) in [6.45, 7) is 5.44. The monoisotopic (exact) mass is 204 g/mol. The zero-order valence-corrected chi connectivity index (χ0v) is 8.70. The topological polar surface area (TPSA) is 72.8 Å². The van der Waals surface area contributed by atoms with Crippen molar-refractivity contribution in [2.24, 2.45) is 0 Å². The SMILES string of the molecule is CCC(C)(C)OOC(=O)CCC(=O)O. The highest BCUT2D eigenvalue weighted by molar-refractivity contribution is 5.76. The van der Waals surface area contributed by atoms with Gasteiger partial charge in [0.05, 0.1) is 12.8 Å². The average molecular weight is 204 g/mol. The molecule has 0 aliphatic heterocycles. The Morgan fingerprint density at radius 1 is 1.29 bits per heavy atom. The third-order valence-corrected chi connectivity index (χ3v) is 1.75. The molecule has 1 N–H and O–H groups in total. The average Bonchev–Trinajstić information content (AvgIpc) is 2.11. The number of carboxylic acid groups (broad SMARTS) is 1. The van der Waals surface area contributed by atoms with Gasteiger partial charge in [-0.2, -0.15) is 4.89 Å². The van der Waals surface area contributed by atoms with Gasteiger partial charge in [0, 0.05) is 0 Å². The zero-order chi connectivity index (χ0) is 11.2. The molecule has 0 rings (SSSR count). The van der Waals surface area contributed by atoms with Crippen molar-refractivity contribution >= 4 is 11.9 Å². The number of aliphatic carboxylic acids is 1. The molecule has 0 aromatic carbocycles. The van der Waals surface area contributed by atoms with Gasteiger partial charge in [-0.15, -0.1) is 0 Å². The van der Waals surface area contributed by atoms with Gasteiger partial charge in [-0.25, -0.2) is 4.79 Å². The standard InChI is InChI=1S/C9H16O5/c1-4-9(2,3)14-13-8(12)6-5-7(10)11/h4-6H2,1-3H3,(H,10,11). The van der Waals surface area contributed by atoms with Crippen LogP contribution < -0.4 is 0 Å². The Kier molecular flexibility index (Phi) is 5.15. The quantitative estimate of drug-likeness (QED) is 0.524. The molecule has 0 radical (unpaired) electrons. The summed E-state index contributed by atoms with van der Waals surface area (Å²) in [5.74, 6) is -1.69. The summed E-state index contributed by atoms with van der Waals surface area (Å²) in [6, 6.07) is 0. The smallest absolute Gasteiger partial charge is 0.342 e. The van der Waals surface area contributed by atoms with E-state index in [1.165, 1.54) is 0 Å². The predicted molar refractivity (Wildman–Crippen MR) is 48.4 cm³/mol. The van der Waals surface area contributed by atoms with Crippen LogP contribution in [-0.2, 0) is 19.4 Å². The number of carbonyl (C=O) groups excluding carboxylic acids is 1. The van der Waals surface area contributed by atoms with E-state index in [9.17, 15) is 9.59 Å². The van der Waals surface area contributed by atoms with Crippen LogP contribution in [-0.4, -0.2) is 22.6 Å². The normalized spacial score (nSPS) is 11.1. The lowest BCUT2D eigenvalue weighted by atomic mass is 10.1. The van der Waals surface area contributed by atoms with E-state index in [-0.39, 0.29) is 12.8 Å². The largest absolute Gasteiger partial charge is 0.481 e. The molecule has 0 aliphatic carbocycles. The Morgan fingerprint density at radius 3 is 2.29 bits per heavy atom. The van der Waals surface area contributed by atoms with Gasteiger partial charge in [0.2, 0.25) is 0 Å². The third kappa shape index (κ3) is 6.42. The molecule has 0 amide bonds. The molecule has 82 valence electrons. The first-order chi connectivity index (χ1) is 6.37. The summed E-state index contributed by atoms with van der Waals surface area (Å²) >= 11 is 0. The minimum absolute atomic E-state index is 0.172. The summed E-state index contributed by atoms with van der Waals surface area (Å²) in [5, 5.41) is 8.29. The van der Waals surface area contributed by atoms with Gasteiger partial charge >= 0.3 is 11.9 Å². The number of hydrogen-bond donors (Lipinski definition) is 1. The van der Waals surface area contributed by atoms with E-state index < -0.39 is 17.5 Å². The Bertz CT molecular complexity index is 209. The molecule has 0 bridgehead atoms. The fourth-order valence-electron chi connectivity index (χ4n) is 0.469. The van der Waals surface area contributed by atoms with Crippen molar-refractivity contribution in [1.82, 2.24) is 0 Å². The maximum Gasteiger partial charge on any atom is 0.342 e. The van der Waals surface area contributed by atoms with Crippen LogP contribution in [0.2, 0.25) is 0 Å². The van der Waals surface area contributed by atoms with Gasteiger partial charge in [-0.3, -0.25) is 9.68 Å². The zero-order valence-electron chi connectivity index (χ0n) is 8.70. The number of carboxylic acids is 1. The summed E-state index contributed by atoms with van der Waals surface area (Å²) in [5.41, 5.74) is -0.529. The van der Waals surface area contributed by atoms with E-state index >= 15 is 0 Å². The van der Waals surface area contributed by atoms with E-state index in [1.54, 1.807) is 13.8 Å². The number of hydrogen-bond acceptors (Lipinski definition) is 4. The van der Waals surface area contributed by atoms with Crippen LogP contribution in [0.25, 0.3) is 0 Å². The van der Waals surface area contributed by atoms with E-state index in [0.29, 0.717) is 6.42 Å². The molecule has 0 spiro atoms. The van der Waals surface area contributed by atoms with Crippen LogP contribution >= 0.6 is 0 Å². The lowest BCUT2D eigenvalue weighted by Crippen LogP contribution is -2.25. The molecular formula is C9H16O5. The first kappa shape index (κ1) is 12.9. The van der Waals surface area contributed by atoms with Crippen LogP contribution in [0.4, 0.5) is 0 Å². The molecule has 0 saturated heterocycles. The van der Waals surface area contributed by atoms with Crippen LogP contribution in [0.15, 0.2) is 0 Å². The third-order valence-electron chi connectivity index (χ3n) is 1.75. The molecule has 5 heteroatoms. The highest BCUT2D eigenvalue weighted by Crippen LogP contribution is 2.14. The minimum atomic E-state index is -1.03. The van der Waals surface area contributed by atoms with Gasteiger partial charge in [0.25, 0.3) is 0 Å². The molecule has 14 heavy (non-hydrogen) atoms. The maximum atomic E-state index is 10.9. The van der Waals surface area contributed by atoms with Crippen LogP contribution in [0.3, 0.4) is 0 Å². The molecule has 0 fully saturated rings. The fraction of sp³-hybridized carbons (Fsp3) is 0.778. The summed E-state index contributed by atoms with van der Waals surface area (Å²) < 4.78 is 0. The summed E-state index contributed by atoms with van der Waals surface area (Å²) in [4.78, 5) is 30.3. The van der Waals surface area contributed by atoms with Crippen molar-refractivity contribution in [3.8, 4) is 0 Å². The summed E-state index contributed by atoms with van der Waals surface area (Å²) in [7, 11) is 0. The molecule has 0 atom stereocenters. The molecule has 0 heterocycles. The van der Waals surface area contributed by atoms with Gasteiger partial charge in [0.15, 0.2) is 0 Å². The first-order valence-corrected chi connectivity index (χ1v) is 4.47. The lowest BCUT2D eigenvalue weighted by Gasteiger charge is -2.20. The second-order valence-corrected chi connectivity index (χ2v) is 3.55. The van der Waals surface area contributed by atoms with Crippen LogP contribution in [0, 0.1) is 0 Å². The number of rotatable bonds is 6. The maximum absolute atomic E-state index is 10.9. The summed E-state index contributed by atoms with van der Waals surface area (Å²) in [6.07, 6.45) is 0.281. The molecule has 5 nitrogen and oxygen atoms in total. The van der Waals surface area contributed by atoms with Gasteiger partial charge in [-0.1, -0.05) is 6.92 Å². The van der Waals surface area contributed by atoms with Gasteiger partial charge < -0.3 is 5.11 Å². The molecule has 0 aromatic rings. The van der Waals surface area contributed by atoms with E-state index in [4.69, 9.17) is 9.99 Å². The molecular weight excluding hydrogens is 188 g/mol. The Hall–Kier alpha value is -1.10. The Labute approximate surface area is 82.9 Å². The molecule has 0 saturated carbocycles. The molecule has 0 unspecified atom stereocenters. The van der Waals surface area contributed by atoms with Crippen molar-refractivity contribution < 1.29 is 24.5 Å². The van der Waals surface area contributed by atoms with Gasteiger partial charge in [-0.05, 0) is 20.3 Å². The Balaban J connectivity index is 3.69. The first-order valence-electron chi connectivity index (χ1n) is 4.47. The van der Waals surface area contributed by atoms with Crippen molar-refractivity contribution in [2.75, 3.05) is 0 Å². The second kappa shape index (κ2) is 5.59. The van der Waals surface area contributed by atoms with Crippen molar-refractivity contribution in [1.29, 1.82) is 0 Å². The highest BCUT2D eigenvalue weighted by Gasteiger charge is 2.19. The fourth-order valence-corrected chi connectivity index (χ4v) is 0.469. The predicted octanol–water partition coefficient (Wildman–Crippen LogP) is 1.51. The second-order valence-electron chi connectivity index (χ2n) is 3.55. The van der Waals surface area contributed by atoms with Crippen molar-refractivity contribution in [3.05, 3.63) is 0 Å². The van der Waals surface area contributed by atoms with E-state index in [1.807, 2.05) is 6.92 Å². The molecule has 0 aliphatic rings.